The van der Waals surface area contributed by atoms with Crippen molar-refractivity contribution >= 4 is 35.1 Å². The number of fused-ring (bicyclic) bond motifs is 1. The largest absolute Gasteiger partial charge is 0.489 e. The normalized spacial score (nSPS) is 15.4. The summed E-state index contributed by atoms with van der Waals surface area (Å²) in [5.74, 6) is -0.583. The summed E-state index contributed by atoms with van der Waals surface area (Å²) in [6.07, 6.45) is 4.32. The Bertz CT molecular complexity index is 1260. The van der Waals surface area contributed by atoms with Gasteiger partial charge in [-0.25, -0.2) is 9.37 Å². The lowest BCUT2D eigenvalue weighted by Gasteiger charge is -2.32. The van der Waals surface area contributed by atoms with Gasteiger partial charge in [-0.2, -0.15) is 0 Å². The second-order valence-electron chi connectivity index (χ2n) is 9.14. The third-order valence-corrected chi connectivity index (χ3v) is 6.76. The Morgan fingerprint density at radius 3 is 2.59 bits per heavy atom. The van der Waals surface area contributed by atoms with E-state index in [1.54, 1.807) is 32.4 Å². The Kier molecular flexibility index (Phi) is 6.62. The first-order valence-electron chi connectivity index (χ1n) is 11.4. The first-order valence-corrected chi connectivity index (χ1v) is 11.4. The van der Waals surface area contributed by atoms with Crippen LogP contribution >= 0.6 is 0 Å². The number of pyridine rings is 1. The van der Waals surface area contributed by atoms with Gasteiger partial charge < -0.3 is 19.5 Å². The van der Waals surface area contributed by atoms with Crippen LogP contribution in [0.5, 0.6) is 0 Å². The van der Waals surface area contributed by atoms with Gasteiger partial charge in [0.05, 0.1) is 0 Å². The van der Waals surface area contributed by atoms with Crippen LogP contribution in [0, 0.1) is 12.7 Å². The summed E-state index contributed by atoms with van der Waals surface area (Å²) in [6.45, 7) is 5.35. The lowest BCUT2D eigenvalue weighted by molar-refractivity contribution is 0.0827. The zero-order valence-corrected chi connectivity index (χ0v) is 20.2. The summed E-state index contributed by atoms with van der Waals surface area (Å²) < 4.78 is 17.0. The summed E-state index contributed by atoms with van der Waals surface area (Å²) in [4.78, 5) is 20.4. The van der Waals surface area contributed by atoms with E-state index in [9.17, 15) is 14.8 Å². The second kappa shape index (κ2) is 9.33. The Hall–Kier alpha value is -3.01. The molecule has 2 aromatic heterocycles. The van der Waals surface area contributed by atoms with Crippen molar-refractivity contribution in [2.75, 3.05) is 27.2 Å². The van der Waals surface area contributed by atoms with Gasteiger partial charge in [0, 0.05) is 68.7 Å². The van der Waals surface area contributed by atoms with Gasteiger partial charge in [-0.15, -0.1) is 0 Å². The molecular formula is C25H30BFN4O3. The molecule has 3 heterocycles. The van der Waals surface area contributed by atoms with Crippen molar-refractivity contribution in [3.05, 3.63) is 64.7 Å². The Morgan fingerprint density at radius 2 is 2.00 bits per heavy atom. The topological polar surface area (TPSA) is 81.8 Å². The van der Waals surface area contributed by atoms with E-state index < -0.39 is 7.12 Å². The number of benzene rings is 1. The standard InChI is InChI=1S/C25H30BFN4O3/c1-15-12-18(25(32)29(3)4)13-21(27)23(15)17-7-10-31(11-8-17)16(2)22-14-19-20(26(33)34)6-9-28-24(19)30(22)5/h6-7,9,12-14,16,33-34H,8,10-11H2,1-5H3/t16-/m0/s1. The maximum atomic E-state index is 15.0. The van der Waals surface area contributed by atoms with E-state index in [1.165, 1.54) is 11.0 Å². The number of amides is 1. The molecule has 9 heteroatoms. The average Bonchev–Trinajstić information content (AvgIpc) is 3.14. The fourth-order valence-corrected chi connectivity index (χ4v) is 4.87. The van der Waals surface area contributed by atoms with Crippen molar-refractivity contribution in [3.8, 4) is 0 Å². The van der Waals surface area contributed by atoms with Crippen LogP contribution in [-0.2, 0) is 7.05 Å². The van der Waals surface area contributed by atoms with E-state index in [0.717, 1.165) is 28.8 Å². The van der Waals surface area contributed by atoms with E-state index in [4.69, 9.17) is 0 Å². The van der Waals surface area contributed by atoms with Crippen molar-refractivity contribution < 1.29 is 19.2 Å². The van der Waals surface area contributed by atoms with Crippen LogP contribution in [0.3, 0.4) is 0 Å². The molecule has 0 saturated carbocycles. The quantitative estimate of drug-likeness (QED) is 0.567. The number of hydrogen-bond acceptors (Lipinski definition) is 5. The van der Waals surface area contributed by atoms with E-state index >= 15 is 4.39 Å². The molecule has 34 heavy (non-hydrogen) atoms. The number of carbonyl (C=O) groups is 1. The van der Waals surface area contributed by atoms with Crippen LogP contribution in [0.1, 0.15) is 46.6 Å². The molecule has 1 aliphatic rings. The van der Waals surface area contributed by atoms with E-state index in [-0.39, 0.29) is 17.8 Å². The van der Waals surface area contributed by atoms with Gasteiger partial charge in [-0.05, 0) is 61.1 Å². The smallest absolute Gasteiger partial charge is 0.423 e. The second-order valence-corrected chi connectivity index (χ2v) is 9.14. The maximum Gasteiger partial charge on any atom is 0.489 e. The molecule has 2 N–H and O–H groups in total. The van der Waals surface area contributed by atoms with Gasteiger partial charge in [0.25, 0.3) is 5.91 Å². The molecule has 1 aromatic carbocycles. The fraction of sp³-hybridized carbons (Fsp3) is 0.360. The van der Waals surface area contributed by atoms with Crippen LogP contribution < -0.4 is 5.46 Å². The Balaban J connectivity index is 1.59. The summed E-state index contributed by atoms with van der Waals surface area (Å²) >= 11 is 0. The number of carbonyl (C=O) groups excluding carboxylic acids is 1. The van der Waals surface area contributed by atoms with Crippen molar-refractivity contribution in [2.45, 2.75) is 26.3 Å². The molecule has 4 rings (SSSR count). The van der Waals surface area contributed by atoms with Gasteiger partial charge in [0.15, 0.2) is 0 Å². The zero-order chi connectivity index (χ0) is 24.7. The molecule has 1 aliphatic heterocycles. The van der Waals surface area contributed by atoms with Gasteiger partial charge in [-0.1, -0.05) is 6.08 Å². The molecule has 3 aromatic rings. The average molecular weight is 464 g/mol. The minimum absolute atomic E-state index is 0.0479. The number of aryl methyl sites for hydroxylation is 2. The minimum Gasteiger partial charge on any atom is -0.423 e. The summed E-state index contributed by atoms with van der Waals surface area (Å²) in [7, 11) is 3.67. The van der Waals surface area contributed by atoms with Crippen LogP contribution in [0.2, 0.25) is 0 Å². The van der Waals surface area contributed by atoms with E-state index in [1.807, 2.05) is 24.6 Å². The van der Waals surface area contributed by atoms with Crippen LogP contribution in [0.25, 0.3) is 16.6 Å². The molecular weight excluding hydrogens is 434 g/mol. The maximum absolute atomic E-state index is 15.0. The molecule has 0 bridgehead atoms. The summed E-state index contributed by atoms with van der Waals surface area (Å²) in [6, 6.07) is 6.71. The molecule has 0 saturated heterocycles. The highest BCUT2D eigenvalue weighted by Crippen LogP contribution is 2.32. The fourth-order valence-electron chi connectivity index (χ4n) is 4.87. The highest BCUT2D eigenvalue weighted by Gasteiger charge is 2.26. The highest BCUT2D eigenvalue weighted by molar-refractivity contribution is 6.61. The molecule has 1 amide bonds. The number of rotatable bonds is 5. The lowest BCUT2D eigenvalue weighted by atomic mass is 9.79. The SMILES string of the molecule is Cc1cc(C(=O)N(C)C)cc(F)c1C1=CCN([C@@H](C)c2cc3c(B(O)O)ccnc3n2C)CC1. The van der Waals surface area contributed by atoms with Gasteiger partial charge >= 0.3 is 7.12 Å². The Morgan fingerprint density at radius 1 is 1.26 bits per heavy atom. The highest BCUT2D eigenvalue weighted by atomic mass is 19.1. The number of aromatic nitrogens is 2. The molecule has 0 aliphatic carbocycles. The third kappa shape index (κ3) is 4.26. The van der Waals surface area contributed by atoms with Crippen LogP contribution in [0.4, 0.5) is 4.39 Å². The van der Waals surface area contributed by atoms with Crippen molar-refractivity contribution in [1.29, 1.82) is 0 Å². The molecule has 1 atom stereocenters. The molecule has 0 spiro atoms. The van der Waals surface area contributed by atoms with Gasteiger partial charge in [-0.3, -0.25) is 9.69 Å². The summed E-state index contributed by atoms with van der Waals surface area (Å²) in [5.41, 5.74) is 4.79. The number of hydrogen-bond donors (Lipinski definition) is 2. The van der Waals surface area contributed by atoms with Gasteiger partial charge in [0.1, 0.15) is 11.5 Å². The molecule has 7 nitrogen and oxygen atoms in total. The van der Waals surface area contributed by atoms with Gasteiger partial charge in [0.2, 0.25) is 0 Å². The number of nitrogens with zero attached hydrogens (tertiary/aromatic N) is 4. The zero-order valence-electron chi connectivity index (χ0n) is 20.2. The number of halogens is 1. The Labute approximate surface area is 199 Å². The predicted octanol–water partition coefficient (Wildman–Crippen LogP) is 2.25. The minimum atomic E-state index is -1.56. The molecule has 0 radical (unpaired) electrons. The van der Waals surface area contributed by atoms with Crippen molar-refractivity contribution in [3.63, 3.8) is 0 Å². The van der Waals surface area contributed by atoms with Crippen LogP contribution in [0.15, 0.2) is 36.5 Å². The third-order valence-electron chi connectivity index (χ3n) is 6.76. The summed E-state index contributed by atoms with van der Waals surface area (Å²) in [5, 5.41) is 20.2. The molecule has 178 valence electrons. The first-order chi connectivity index (χ1) is 16.1. The van der Waals surface area contributed by atoms with E-state index in [0.29, 0.717) is 35.2 Å². The van der Waals surface area contributed by atoms with Crippen molar-refractivity contribution in [2.24, 2.45) is 7.05 Å². The molecule has 0 fully saturated rings. The first kappa shape index (κ1) is 24.1. The monoisotopic (exact) mass is 464 g/mol. The van der Waals surface area contributed by atoms with Crippen molar-refractivity contribution in [1.82, 2.24) is 19.4 Å². The predicted molar refractivity (Wildman–Crippen MR) is 132 cm³/mol. The lowest BCUT2D eigenvalue weighted by Crippen LogP contribution is -2.32. The van der Waals surface area contributed by atoms with E-state index in [2.05, 4.69) is 22.9 Å². The molecule has 0 unspecified atom stereocenters. The van der Waals surface area contributed by atoms with Crippen LogP contribution in [-0.4, -0.2) is 69.6 Å².